The molecule has 0 radical (unpaired) electrons. The summed E-state index contributed by atoms with van der Waals surface area (Å²) in [7, 11) is 0. The number of aromatic nitrogens is 1. The number of carbonyl (C=O) groups is 3. The fourth-order valence-electron chi connectivity index (χ4n) is 4.10. The molecule has 0 saturated carbocycles. The van der Waals surface area contributed by atoms with Crippen molar-refractivity contribution in [3.8, 4) is 0 Å². The number of amides is 3. The van der Waals surface area contributed by atoms with Gasteiger partial charge in [0.25, 0.3) is 5.91 Å². The van der Waals surface area contributed by atoms with Crippen molar-refractivity contribution in [1.29, 1.82) is 0 Å². The van der Waals surface area contributed by atoms with Gasteiger partial charge in [-0.05, 0) is 24.3 Å². The van der Waals surface area contributed by atoms with Gasteiger partial charge < -0.3 is 20.6 Å². The number of carbonyl (C=O) groups excluding carboxylic acids is 2. The molecule has 0 aliphatic carbocycles. The van der Waals surface area contributed by atoms with Gasteiger partial charge in [0.1, 0.15) is 5.50 Å². The number of benzene rings is 1. The van der Waals surface area contributed by atoms with Crippen molar-refractivity contribution in [2.45, 2.75) is 18.0 Å². The number of rotatable bonds is 4. The van der Waals surface area contributed by atoms with Crippen LogP contribution in [0.2, 0.25) is 0 Å². The number of anilines is 1. The molecule has 4 N–H and O–H groups in total. The standard InChI is InChI=1S/C21H23N5O4S/c1-13(27)23-16-7-8-22-17(9-16)21-12-26(20(29)30)10-15(21)11-31-19(25-21)24-18(28)14-5-3-2-4-6-14/h2-9,15,19,25H,10-12H2,1H3,(H,24,28)(H,29,30)(H,22,23,27). The van der Waals surface area contributed by atoms with Crippen LogP contribution in [-0.4, -0.2) is 57.2 Å². The first-order chi connectivity index (χ1) is 14.9. The Labute approximate surface area is 183 Å². The average Bonchev–Trinajstić information content (AvgIpc) is 3.15. The van der Waals surface area contributed by atoms with E-state index in [4.69, 9.17) is 0 Å². The molecule has 162 valence electrons. The lowest BCUT2D eigenvalue weighted by Gasteiger charge is -2.42. The number of hydrogen-bond donors (Lipinski definition) is 4. The predicted molar refractivity (Wildman–Crippen MR) is 117 cm³/mol. The second-order valence-corrected chi connectivity index (χ2v) is 8.78. The van der Waals surface area contributed by atoms with Crippen molar-refractivity contribution in [2.24, 2.45) is 5.92 Å². The Hall–Kier alpha value is -3.11. The van der Waals surface area contributed by atoms with Gasteiger partial charge in [0.05, 0.1) is 11.2 Å². The van der Waals surface area contributed by atoms with E-state index in [-0.39, 0.29) is 24.3 Å². The summed E-state index contributed by atoms with van der Waals surface area (Å²) >= 11 is 1.52. The summed E-state index contributed by atoms with van der Waals surface area (Å²) < 4.78 is 0. The molecular formula is C21H23N5O4S. The summed E-state index contributed by atoms with van der Waals surface area (Å²) in [6.07, 6.45) is 0.597. The van der Waals surface area contributed by atoms with Gasteiger partial charge in [-0.15, -0.1) is 11.8 Å². The molecule has 0 bridgehead atoms. The average molecular weight is 442 g/mol. The van der Waals surface area contributed by atoms with E-state index < -0.39 is 17.1 Å². The van der Waals surface area contributed by atoms with Gasteiger partial charge >= 0.3 is 6.09 Å². The first-order valence-corrected chi connectivity index (χ1v) is 10.9. The molecule has 0 spiro atoms. The number of thioether (sulfide) groups is 1. The summed E-state index contributed by atoms with van der Waals surface area (Å²) in [6, 6.07) is 12.4. The lowest BCUT2D eigenvalue weighted by Crippen LogP contribution is -2.61. The highest BCUT2D eigenvalue weighted by Gasteiger charge is 2.53. The minimum atomic E-state index is -0.997. The smallest absolute Gasteiger partial charge is 0.407 e. The zero-order chi connectivity index (χ0) is 22.0. The van der Waals surface area contributed by atoms with Gasteiger partial charge in [0.15, 0.2) is 0 Å². The fraction of sp³-hybridized carbons (Fsp3) is 0.333. The molecule has 10 heteroatoms. The van der Waals surface area contributed by atoms with E-state index in [2.05, 4.69) is 20.9 Å². The summed E-state index contributed by atoms with van der Waals surface area (Å²) in [4.78, 5) is 41.8. The van der Waals surface area contributed by atoms with E-state index in [0.717, 1.165) is 0 Å². The second-order valence-electron chi connectivity index (χ2n) is 7.64. The maximum Gasteiger partial charge on any atom is 0.407 e. The van der Waals surface area contributed by atoms with Gasteiger partial charge in [-0.3, -0.25) is 19.9 Å². The summed E-state index contributed by atoms with van der Waals surface area (Å²) in [5.74, 6) is 0.179. The first-order valence-electron chi connectivity index (χ1n) is 9.84. The molecule has 3 heterocycles. The fourth-order valence-corrected chi connectivity index (χ4v) is 5.40. The van der Waals surface area contributed by atoms with Crippen LogP contribution in [0, 0.1) is 5.92 Å². The quantitative estimate of drug-likeness (QED) is 0.571. The van der Waals surface area contributed by atoms with Crippen molar-refractivity contribution < 1.29 is 19.5 Å². The molecule has 4 rings (SSSR count). The lowest BCUT2D eigenvalue weighted by atomic mass is 9.84. The Morgan fingerprint density at radius 1 is 1.26 bits per heavy atom. The van der Waals surface area contributed by atoms with E-state index in [1.165, 1.54) is 23.6 Å². The summed E-state index contributed by atoms with van der Waals surface area (Å²) in [5.41, 5.74) is 0.553. The van der Waals surface area contributed by atoms with Crippen molar-refractivity contribution >= 4 is 35.4 Å². The van der Waals surface area contributed by atoms with Crippen LogP contribution >= 0.6 is 11.8 Å². The van der Waals surface area contributed by atoms with Crippen LogP contribution in [0.5, 0.6) is 0 Å². The van der Waals surface area contributed by atoms with E-state index >= 15 is 0 Å². The number of fused-ring (bicyclic) bond motifs is 1. The van der Waals surface area contributed by atoms with Crippen LogP contribution in [0.15, 0.2) is 48.7 Å². The molecule has 3 amide bonds. The van der Waals surface area contributed by atoms with Crippen LogP contribution in [0.25, 0.3) is 0 Å². The third-order valence-corrected chi connectivity index (χ3v) is 6.70. The highest BCUT2D eigenvalue weighted by molar-refractivity contribution is 7.99. The van der Waals surface area contributed by atoms with Gasteiger partial charge in [0, 0.05) is 49.1 Å². The lowest BCUT2D eigenvalue weighted by molar-refractivity contribution is -0.114. The van der Waals surface area contributed by atoms with Gasteiger partial charge in [0.2, 0.25) is 5.91 Å². The monoisotopic (exact) mass is 441 g/mol. The van der Waals surface area contributed by atoms with E-state index in [0.29, 0.717) is 29.2 Å². The van der Waals surface area contributed by atoms with Crippen LogP contribution < -0.4 is 16.0 Å². The molecule has 9 nitrogen and oxygen atoms in total. The number of likely N-dealkylation sites (tertiary alicyclic amines) is 1. The number of nitrogens with zero attached hydrogens (tertiary/aromatic N) is 2. The maximum absolute atomic E-state index is 12.7. The third kappa shape index (κ3) is 4.35. The highest BCUT2D eigenvalue weighted by Crippen LogP contribution is 2.43. The minimum Gasteiger partial charge on any atom is -0.465 e. The molecule has 2 aromatic rings. The van der Waals surface area contributed by atoms with Crippen LogP contribution in [0.3, 0.4) is 0 Å². The van der Waals surface area contributed by atoms with E-state index in [9.17, 15) is 19.5 Å². The molecule has 1 aromatic heterocycles. The van der Waals surface area contributed by atoms with Crippen molar-refractivity contribution in [2.75, 3.05) is 24.2 Å². The molecule has 3 atom stereocenters. The van der Waals surface area contributed by atoms with Crippen molar-refractivity contribution in [1.82, 2.24) is 20.5 Å². The molecule has 2 saturated heterocycles. The van der Waals surface area contributed by atoms with Crippen molar-refractivity contribution in [3.05, 3.63) is 59.9 Å². The zero-order valence-corrected chi connectivity index (χ0v) is 17.7. The largest absolute Gasteiger partial charge is 0.465 e. The van der Waals surface area contributed by atoms with Crippen LogP contribution in [0.1, 0.15) is 23.0 Å². The number of hydrogen-bond acceptors (Lipinski definition) is 6. The summed E-state index contributed by atoms with van der Waals surface area (Å²) in [5, 5.41) is 18.8. The second kappa shape index (κ2) is 8.56. The maximum atomic E-state index is 12.7. The van der Waals surface area contributed by atoms with E-state index in [1.54, 1.807) is 42.6 Å². The molecule has 1 aromatic carbocycles. The Morgan fingerprint density at radius 2 is 2.03 bits per heavy atom. The molecule has 2 aliphatic heterocycles. The summed E-state index contributed by atoms with van der Waals surface area (Å²) in [6.45, 7) is 1.98. The molecule has 31 heavy (non-hydrogen) atoms. The van der Waals surface area contributed by atoms with Gasteiger partial charge in [-0.25, -0.2) is 4.79 Å². The molecular weight excluding hydrogens is 418 g/mol. The Bertz CT molecular complexity index is 1000. The third-order valence-electron chi connectivity index (χ3n) is 5.54. The Kier molecular flexibility index (Phi) is 5.84. The molecule has 3 unspecified atom stereocenters. The molecule has 2 fully saturated rings. The molecule has 2 aliphatic rings. The Balaban J connectivity index is 1.63. The number of pyridine rings is 1. The highest BCUT2D eigenvalue weighted by atomic mass is 32.2. The SMILES string of the molecule is CC(=O)Nc1ccnc(C23CN(C(=O)O)CC2CSC(NC(=O)c2ccccc2)N3)c1. The van der Waals surface area contributed by atoms with Crippen LogP contribution in [-0.2, 0) is 10.3 Å². The van der Waals surface area contributed by atoms with Gasteiger partial charge in [-0.2, -0.15) is 0 Å². The zero-order valence-electron chi connectivity index (χ0n) is 16.9. The van der Waals surface area contributed by atoms with Crippen LogP contribution in [0.4, 0.5) is 10.5 Å². The number of nitrogens with one attached hydrogen (secondary N) is 3. The Morgan fingerprint density at radius 3 is 2.74 bits per heavy atom. The predicted octanol–water partition coefficient (Wildman–Crippen LogP) is 1.90. The first kappa shape index (κ1) is 21.1. The number of carboxylic acid groups (broad SMARTS) is 1. The van der Waals surface area contributed by atoms with Crippen molar-refractivity contribution in [3.63, 3.8) is 0 Å². The topological polar surface area (TPSA) is 124 Å². The normalized spacial score (nSPS) is 24.9. The van der Waals surface area contributed by atoms with Gasteiger partial charge in [-0.1, -0.05) is 18.2 Å². The van der Waals surface area contributed by atoms with E-state index in [1.807, 2.05) is 6.07 Å². The minimum absolute atomic E-state index is 0.0430.